The number of amides is 4. The van der Waals surface area contributed by atoms with Gasteiger partial charge in [-0.1, -0.05) is 31.9 Å². The average Bonchev–Trinajstić information content (AvgIpc) is 2.62. The van der Waals surface area contributed by atoms with Crippen molar-refractivity contribution in [3.8, 4) is 5.75 Å². The Hall–Kier alpha value is -1.97. The molecule has 144 valence electrons. The van der Waals surface area contributed by atoms with Gasteiger partial charge in [-0.15, -0.1) is 0 Å². The van der Waals surface area contributed by atoms with Crippen molar-refractivity contribution in [1.29, 1.82) is 0 Å². The number of rotatable bonds is 4. The van der Waals surface area contributed by atoms with Crippen molar-refractivity contribution in [3.63, 3.8) is 0 Å². The number of carbonyl (C=O) groups excluding carboxylic acids is 3. The summed E-state index contributed by atoms with van der Waals surface area (Å²) in [5.41, 5.74) is 0.699. The van der Waals surface area contributed by atoms with E-state index in [4.69, 9.17) is 4.74 Å². The Balaban J connectivity index is 2.08. The maximum atomic E-state index is 13.0. The number of barbiturate groups is 1. The second-order valence-electron chi connectivity index (χ2n) is 5.67. The van der Waals surface area contributed by atoms with Crippen LogP contribution in [0.25, 0.3) is 6.08 Å². The number of urea groups is 1. The van der Waals surface area contributed by atoms with Gasteiger partial charge in [0.15, 0.2) is 0 Å². The smallest absolute Gasteiger partial charge is 0.335 e. The second kappa shape index (κ2) is 8.59. The van der Waals surface area contributed by atoms with E-state index in [1.807, 2.05) is 6.92 Å². The fourth-order valence-corrected chi connectivity index (χ4v) is 4.26. The van der Waals surface area contributed by atoms with E-state index < -0.39 is 17.8 Å². The Bertz CT molecular complexity index is 1000. The fourth-order valence-electron chi connectivity index (χ4n) is 2.62. The third-order valence-electron chi connectivity index (χ3n) is 3.81. The first-order chi connectivity index (χ1) is 13.3. The lowest BCUT2D eigenvalue weighted by Gasteiger charge is -2.26. The van der Waals surface area contributed by atoms with E-state index in [9.17, 15) is 14.4 Å². The summed E-state index contributed by atoms with van der Waals surface area (Å²) in [5, 5.41) is 2.21. The van der Waals surface area contributed by atoms with Crippen molar-refractivity contribution in [1.82, 2.24) is 5.32 Å². The molecule has 1 aliphatic rings. The number of hydrogen-bond acceptors (Lipinski definition) is 4. The van der Waals surface area contributed by atoms with Crippen molar-refractivity contribution in [2.24, 2.45) is 0 Å². The molecule has 2 aromatic rings. The lowest BCUT2D eigenvalue weighted by Crippen LogP contribution is -2.54. The van der Waals surface area contributed by atoms with Gasteiger partial charge in [-0.2, -0.15) is 0 Å². The van der Waals surface area contributed by atoms with Gasteiger partial charge in [-0.05, 0) is 65.3 Å². The maximum Gasteiger partial charge on any atom is 0.335 e. The van der Waals surface area contributed by atoms with Crippen LogP contribution in [0, 0.1) is 0 Å². The highest BCUT2D eigenvalue weighted by Crippen LogP contribution is 2.35. The van der Waals surface area contributed by atoms with Crippen molar-refractivity contribution in [3.05, 3.63) is 61.0 Å². The summed E-state index contributed by atoms with van der Waals surface area (Å²) in [7, 11) is 0. The molecule has 0 radical (unpaired) electrons. The molecule has 0 spiro atoms. The molecule has 1 fully saturated rings. The highest BCUT2D eigenvalue weighted by atomic mass is 79.9. The summed E-state index contributed by atoms with van der Waals surface area (Å²) in [6, 6.07) is 9.35. The van der Waals surface area contributed by atoms with Gasteiger partial charge in [-0.25, -0.2) is 9.69 Å². The third kappa shape index (κ3) is 4.21. The van der Waals surface area contributed by atoms with Gasteiger partial charge in [0.05, 0.1) is 16.8 Å². The van der Waals surface area contributed by atoms with E-state index in [-0.39, 0.29) is 5.57 Å². The van der Waals surface area contributed by atoms with Crippen LogP contribution in [0.2, 0.25) is 0 Å². The number of nitrogens with one attached hydrogen (secondary N) is 1. The molecule has 9 heteroatoms. The van der Waals surface area contributed by atoms with Crippen LogP contribution in [-0.2, 0) is 9.59 Å². The highest BCUT2D eigenvalue weighted by Gasteiger charge is 2.37. The second-order valence-corrected chi connectivity index (χ2v) is 8.36. The fraction of sp³-hybridized carbons (Fsp3) is 0.105. The first kappa shape index (κ1) is 20.8. The minimum absolute atomic E-state index is 0.173. The Morgan fingerprint density at radius 2 is 1.71 bits per heavy atom. The quantitative estimate of drug-likeness (QED) is 0.411. The van der Waals surface area contributed by atoms with E-state index in [1.54, 1.807) is 36.4 Å². The van der Waals surface area contributed by atoms with Gasteiger partial charge in [0.1, 0.15) is 11.3 Å². The minimum Gasteiger partial charge on any atom is -0.492 e. The minimum atomic E-state index is -0.796. The van der Waals surface area contributed by atoms with Gasteiger partial charge in [0, 0.05) is 14.5 Å². The molecule has 1 heterocycles. The summed E-state index contributed by atoms with van der Waals surface area (Å²) >= 11 is 10.1. The Morgan fingerprint density at radius 1 is 1.04 bits per heavy atom. The van der Waals surface area contributed by atoms with Crippen LogP contribution in [0.5, 0.6) is 5.75 Å². The first-order valence-electron chi connectivity index (χ1n) is 8.10. The lowest BCUT2D eigenvalue weighted by molar-refractivity contribution is -0.122. The number of hydrogen-bond donors (Lipinski definition) is 1. The number of anilines is 1. The predicted octanol–water partition coefficient (Wildman–Crippen LogP) is 5.04. The molecule has 6 nitrogen and oxygen atoms in total. The van der Waals surface area contributed by atoms with Crippen LogP contribution in [0.1, 0.15) is 12.5 Å². The molecule has 28 heavy (non-hydrogen) atoms. The van der Waals surface area contributed by atoms with E-state index >= 15 is 0 Å². The van der Waals surface area contributed by atoms with Gasteiger partial charge in [0.25, 0.3) is 11.8 Å². The van der Waals surface area contributed by atoms with Crippen molar-refractivity contribution < 1.29 is 19.1 Å². The summed E-state index contributed by atoms with van der Waals surface area (Å²) in [4.78, 5) is 38.5. The van der Waals surface area contributed by atoms with Crippen LogP contribution in [0.4, 0.5) is 10.5 Å². The molecule has 0 bridgehead atoms. The number of halogens is 3. The molecule has 0 saturated carbocycles. The number of imide groups is 2. The summed E-state index contributed by atoms with van der Waals surface area (Å²) in [6.07, 6.45) is 1.41. The number of ether oxygens (including phenoxy) is 1. The van der Waals surface area contributed by atoms with Crippen LogP contribution >= 0.6 is 47.8 Å². The van der Waals surface area contributed by atoms with Gasteiger partial charge in [-0.3, -0.25) is 14.9 Å². The van der Waals surface area contributed by atoms with Gasteiger partial charge >= 0.3 is 6.03 Å². The van der Waals surface area contributed by atoms with Crippen LogP contribution < -0.4 is 15.0 Å². The molecular formula is C19H13Br3N2O4. The third-order valence-corrected chi connectivity index (χ3v) is 5.39. The number of carbonyl (C=O) groups is 3. The van der Waals surface area contributed by atoms with Crippen LogP contribution in [0.15, 0.2) is 55.4 Å². The monoisotopic (exact) mass is 570 g/mol. The molecule has 1 aliphatic heterocycles. The van der Waals surface area contributed by atoms with E-state index in [0.717, 1.165) is 13.8 Å². The summed E-state index contributed by atoms with van der Waals surface area (Å²) in [5.74, 6) is -0.984. The molecule has 0 aliphatic carbocycles. The van der Waals surface area contributed by atoms with Gasteiger partial charge < -0.3 is 4.74 Å². The van der Waals surface area contributed by atoms with E-state index in [1.165, 1.54) is 6.08 Å². The molecule has 2 aromatic carbocycles. The average molecular weight is 573 g/mol. The molecular weight excluding hydrogens is 560 g/mol. The molecule has 0 unspecified atom stereocenters. The molecule has 1 saturated heterocycles. The molecule has 0 aromatic heterocycles. The standard InChI is InChI=1S/C19H13Br3N2O4/c1-2-28-16-10(7-12(21)9-15(16)22)8-14-17(25)23-19(27)24(18(14)26)13-5-3-11(20)4-6-13/h3-9H,2H2,1H3,(H,23,25,27)/b14-8+. The Kier molecular flexibility index (Phi) is 6.36. The highest BCUT2D eigenvalue weighted by molar-refractivity contribution is 9.11. The zero-order valence-corrected chi connectivity index (χ0v) is 19.2. The van der Waals surface area contributed by atoms with Crippen molar-refractivity contribution in [2.75, 3.05) is 11.5 Å². The van der Waals surface area contributed by atoms with Crippen molar-refractivity contribution in [2.45, 2.75) is 6.92 Å². The molecule has 1 N–H and O–H groups in total. The van der Waals surface area contributed by atoms with Crippen LogP contribution in [0.3, 0.4) is 0 Å². The number of benzene rings is 2. The largest absolute Gasteiger partial charge is 0.492 e. The SMILES string of the molecule is CCOc1c(Br)cc(Br)cc1/C=C1\C(=O)NC(=O)N(c2ccc(Br)cc2)C1=O. The lowest BCUT2D eigenvalue weighted by atomic mass is 10.1. The zero-order chi connectivity index (χ0) is 20.4. The summed E-state index contributed by atoms with van der Waals surface area (Å²) < 4.78 is 7.84. The summed E-state index contributed by atoms with van der Waals surface area (Å²) in [6.45, 7) is 2.23. The van der Waals surface area contributed by atoms with Crippen molar-refractivity contribution >= 4 is 77.4 Å². The number of nitrogens with zero attached hydrogens (tertiary/aromatic N) is 1. The molecule has 3 rings (SSSR count). The van der Waals surface area contributed by atoms with E-state index in [2.05, 4.69) is 53.1 Å². The Morgan fingerprint density at radius 3 is 2.36 bits per heavy atom. The van der Waals surface area contributed by atoms with Gasteiger partial charge in [0.2, 0.25) is 0 Å². The zero-order valence-electron chi connectivity index (χ0n) is 14.5. The topological polar surface area (TPSA) is 75.7 Å². The van der Waals surface area contributed by atoms with Crippen LogP contribution in [-0.4, -0.2) is 24.5 Å². The molecule has 0 atom stereocenters. The predicted molar refractivity (Wildman–Crippen MR) is 116 cm³/mol. The normalized spacial score (nSPS) is 15.8. The maximum absolute atomic E-state index is 13.0. The first-order valence-corrected chi connectivity index (χ1v) is 10.5. The van der Waals surface area contributed by atoms with E-state index in [0.29, 0.717) is 28.1 Å². The molecule has 4 amide bonds. The Labute approximate surface area is 186 Å².